The minimum atomic E-state index is -2.99. The number of amides is 1. The molecule has 0 aliphatic carbocycles. The summed E-state index contributed by atoms with van der Waals surface area (Å²) in [6.07, 6.45) is 1.36. The molecule has 1 aliphatic rings. The van der Waals surface area contributed by atoms with Gasteiger partial charge in [-0.3, -0.25) is 4.79 Å². The average Bonchev–Trinajstić information content (AvgIpc) is 2.95. The van der Waals surface area contributed by atoms with E-state index in [1.807, 2.05) is 0 Å². The molecule has 1 amide bonds. The van der Waals surface area contributed by atoms with Crippen LogP contribution in [0.25, 0.3) is 0 Å². The summed E-state index contributed by atoms with van der Waals surface area (Å²) in [5, 5.41) is 0. The number of benzene rings is 1. The number of aromatic amines is 1. The summed E-state index contributed by atoms with van der Waals surface area (Å²) in [6.45, 7) is 2.65. The largest absolute Gasteiger partial charge is 0.462 e. The normalized spacial score (nSPS) is 13.4. The van der Waals surface area contributed by atoms with E-state index in [4.69, 9.17) is 4.74 Å². The Hall–Kier alpha value is -2.90. The second-order valence-electron chi connectivity index (χ2n) is 6.55. The molecule has 3 rings (SSSR count). The van der Waals surface area contributed by atoms with Crippen molar-refractivity contribution in [1.29, 1.82) is 0 Å². The van der Waals surface area contributed by atoms with Gasteiger partial charge in [-0.15, -0.1) is 0 Å². The van der Waals surface area contributed by atoms with Crippen molar-refractivity contribution < 1.29 is 27.8 Å². The van der Waals surface area contributed by atoms with Gasteiger partial charge in [-0.1, -0.05) is 12.1 Å². The summed E-state index contributed by atoms with van der Waals surface area (Å²) < 4.78 is 35.4. The van der Waals surface area contributed by atoms with Gasteiger partial charge >= 0.3 is 12.6 Å². The van der Waals surface area contributed by atoms with E-state index in [-0.39, 0.29) is 18.1 Å². The van der Waals surface area contributed by atoms with E-state index in [9.17, 15) is 18.4 Å². The third-order valence-electron chi connectivity index (χ3n) is 4.77. The Bertz CT molecular complexity index is 908. The molecule has 8 heteroatoms. The summed E-state index contributed by atoms with van der Waals surface area (Å²) in [7, 11) is 0. The van der Waals surface area contributed by atoms with E-state index in [0.717, 1.165) is 5.56 Å². The molecule has 2 aromatic rings. The minimum Gasteiger partial charge on any atom is -0.462 e. The number of alkyl halides is 2. The monoisotopic (exact) mass is 392 g/mol. The predicted molar refractivity (Wildman–Crippen MR) is 99.3 cm³/mol. The molecule has 28 heavy (non-hydrogen) atoms. The van der Waals surface area contributed by atoms with E-state index in [2.05, 4.69) is 9.72 Å². The van der Waals surface area contributed by atoms with Crippen molar-refractivity contribution in [2.24, 2.45) is 0 Å². The molecule has 1 aromatic heterocycles. The third-order valence-corrected chi connectivity index (χ3v) is 4.77. The number of para-hydroxylation sites is 1. The van der Waals surface area contributed by atoms with Crippen molar-refractivity contribution >= 4 is 17.6 Å². The Morgan fingerprint density at radius 1 is 1.29 bits per heavy atom. The zero-order valence-corrected chi connectivity index (χ0v) is 16.0. The van der Waals surface area contributed by atoms with E-state index >= 15 is 0 Å². The number of carbonyl (C=O) groups excluding carboxylic acids is 2. The quantitative estimate of drug-likeness (QED) is 0.781. The SMILES string of the molecule is CCOC(=O)c1c(C)[nH]c(C(=O)N2CCCc3cccc(OC(F)F)c32)c1C. The second kappa shape index (κ2) is 8.00. The fourth-order valence-corrected chi connectivity index (χ4v) is 3.62. The lowest BCUT2D eigenvalue weighted by atomic mass is 10.00. The topological polar surface area (TPSA) is 71.6 Å². The van der Waals surface area contributed by atoms with Gasteiger partial charge in [-0.2, -0.15) is 8.78 Å². The third kappa shape index (κ3) is 3.58. The number of aromatic nitrogens is 1. The summed E-state index contributed by atoms with van der Waals surface area (Å²) in [5.41, 5.74) is 2.67. The van der Waals surface area contributed by atoms with Crippen LogP contribution in [0.1, 0.15) is 51.0 Å². The zero-order valence-electron chi connectivity index (χ0n) is 16.0. The van der Waals surface area contributed by atoms with E-state index in [0.29, 0.717) is 41.9 Å². The number of nitrogens with one attached hydrogen (secondary N) is 1. The Balaban J connectivity index is 2.02. The van der Waals surface area contributed by atoms with Crippen LogP contribution in [0.4, 0.5) is 14.5 Å². The Morgan fingerprint density at radius 2 is 2.04 bits per heavy atom. The highest BCUT2D eigenvalue weighted by Crippen LogP contribution is 2.38. The molecule has 1 aromatic carbocycles. The minimum absolute atomic E-state index is 0.0351. The first kappa shape index (κ1) is 19.9. The molecular formula is C20H22F2N2O4. The molecule has 1 aliphatic heterocycles. The first-order chi connectivity index (χ1) is 13.3. The number of hydrogen-bond donors (Lipinski definition) is 1. The van der Waals surface area contributed by atoms with Gasteiger partial charge < -0.3 is 19.4 Å². The maximum absolute atomic E-state index is 13.3. The van der Waals surface area contributed by atoms with Crippen LogP contribution < -0.4 is 9.64 Å². The van der Waals surface area contributed by atoms with Crippen LogP contribution in [0.5, 0.6) is 5.75 Å². The summed E-state index contributed by atoms with van der Waals surface area (Å²) in [6, 6.07) is 4.85. The van der Waals surface area contributed by atoms with Gasteiger partial charge in [0.25, 0.3) is 5.91 Å². The number of fused-ring (bicyclic) bond motifs is 1. The molecule has 0 saturated carbocycles. The van der Waals surface area contributed by atoms with Crippen LogP contribution in [0.15, 0.2) is 18.2 Å². The zero-order chi connectivity index (χ0) is 20.4. The van der Waals surface area contributed by atoms with Crippen LogP contribution in [0.3, 0.4) is 0 Å². The summed E-state index contributed by atoms with van der Waals surface area (Å²) in [4.78, 5) is 29.9. The van der Waals surface area contributed by atoms with Gasteiger partial charge in [0.1, 0.15) is 11.4 Å². The van der Waals surface area contributed by atoms with E-state index in [1.54, 1.807) is 32.9 Å². The van der Waals surface area contributed by atoms with Crippen LogP contribution in [-0.4, -0.2) is 36.6 Å². The number of halogens is 2. The first-order valence-electron chi connectivity index (χ1n) is 9.10. The number of ether oxygens (including phenoxy) is 2. The Labute approximate surface area is 161 Å². The molecule has 6 nitrogen and oxygen atoms in total. The van der Waals surface area contributed by atoms with Crippen molar-refractivity contribution in [3.05, 3.63) is 46.3 Å². The number of aryl methyl sites for hydroxylation is 2. The molecule has 0 fully saturated rings. The van der Waals surface area contributed by atoms with E-state index < -0.39 is 18.5 Å². The molecule has 1 N–H and O–H groups in total. The Kier molecular flexibility index (Phi) is 5.67. The summed E-state index contributed by atoms with van der Waals surface area (Å²) in [5.74, 6) is -0.942. The number of nitrogens with zero attached hydrogens (tertiary/aromatic N) is 1. The first-order valence-corrected chi connectivity index (χ1v) is 9.10. The lowest BCUT2D eigenvalue weighted by Crippen LogP contribution is -2.36. The molecule has 0 radical (unpaired) electrons. The predicted octanol–water partition coefficient (Wildman–Crippen LogP) is 4.00. The lowest BCUT2D eigenvalue weighted by molar-refractivity contribution is -0.0495. The number of rotatable bonds is 5. The number of H-pyrrole nitrogens is 1. The molecule has 0 unspecified atom stereocenters. The van der Waals surface area contributed by atoms with Crippen molar-refractivity contribution in [3.8, 4) is 5.75 Å². The highest BCUT2D eigenvalue weighted by atomic mass is 19.3. The van der Waals surface area contributed by atoms with Crippen molar-refractivity contribution in [2.75, 3.05) is 18.1 Å². The summed E-state index contributed by atoms with van der Waals surface area (Å²) >= 11 is 0. The number of carbonyl (C=O) groups is 2. The lowest BCUT2D eigenvalue weighted by Gasteiger charge is -2.31. The van der Waals surface area contributed by atoms with Crippen molar-refractivity contribution in [2.45, 2.75) is 40.2 Å². The van der Waals surface area contributed by atoms with Crippen LogP contribution in [0.2, 0.25) is 0 Å². The maximum atomic E-state index is 13.3. The number of hydrogen-bond acceptors (Lipinski definition) is 4. The van der Waals surface area contributed by atoms with Gasteiger partial charge in [0.15, 0.2) is 0 Å². The maximum Gasteiger partial charge on any atom is 0.387 e. The fourth-order valence-electron chi connectivity index (χ4n) is 3.62. The molecule has 0 bridgehead atoms. The number of anilines is 1. The highest BCUT2D eigenvalue weighted by Gasteiger charge is 2.31. The van der Waals surface area contributed by atoms with Gasteiger partial charge in [-0.25, -0.2) is 4.79 Å². The standard InChI is InChI=1S/C20H22F2N2O4/c1-4-27-19(26)15-11(2)16(23-12(15)3)18(25)24-10-6-8-13-7-5-9-14(17(13)24)28-20(21)22/h5,7,9,20,23H,4,6,8,10H2,1-3H3. The van der Waals surface area contributed by atoms with Gasteiger partial charge in [-0.05, 0) is 50.8 Å². The average molecular weight is 392 g/mol. The molecule has 0 spiro atoms. The molecular weight excluding hydrogens is 370 g/mol. The molecule has 0 saturated heterocycles. The molecule has 150 valence electrons. The number of esters is 1. The fraction of sp³-hybridized carbons (Fsp3) is 0.400. The van der Waals surface area contributed by atoms with Crippen molar-refractivity contribution in [1.82, 2.24) is 4.98 Å². The van der Waals surface area contributed by atoms with E-state index in [1.165, 1.54) is 11.0 Å². The Morgan fingerprint density at radius 3 is 2.71 bits per heavy atom. The van der Waals surface area contributed by atoms with Gasteiger partial charge in [0, 0.05) is 12.2 Å². The van der Waals surface area contributed by atoms with Crippen molar-refractivity contribution in [3.63, 3.8) is 0 Å². The molecule has 2 heterocycles. The van der Waals surface area contributed by atoms with Gasteiger partial charge in [0.05, 0.1) is 17.9 Å². The van der Waals surface area contributed by atoms with Gasteiger partial charge in [0.2, 0.25) is 0 Å². The van der Waals surface area contributed by atoms with Crippen LogP contribution >= 0.6 is 0 Å². The molecule has 0 atom stereocenters. The van der Waals surface area contributed by atoms with Crippen LogP contribution in [-0.2, 0) is 11.2 Å². The highest BCUT2D eigenvalue weighted by molar-refractivity contribution is 6.09. The smallest absolute Gasteiger partial charge is 0.387 e. The van der Waals surface area contributed by atoms with Crippen LogP contribution in [0, 0.1) is 13.8 Å². The second-order valence-corrected chi connectivity index (χ2v) is 6.55.